The lowest BCUT2D eigenvalue weighted by molar-refractivity contribution is -0.208. The summed E-state index contributed by atoms with van der Waals surface area (Å²) in [5, 5.41) is 21.7. The highest BCUT2D eigenvalue weighted by Crippen LogP contribution is 2.40. The van der Waals surface area contributed by atoms with Crippen LogP contribution in [0.2, 0.25) is 0 Å². The smallest absolute Gasteiger partial charge is 0.425 e. The molecule has 0 bridgehead atoms. The average Bonchev–Trinajstić information content (AvgIpc) is 2.73. The summed E-state index contributed by atoms with van der Waals surface area (Å²) in [6.07, 6.45) is -8.87. The van der Waals surface area contributed by atoms with E-state index < -0.39 is 53.8 Å². The van der Waals surface area contributed by atoms with Crippen molar-refractivity contribution < 1.29 is 37.0 Å². The van der Waals surface area contributed by atoms with Gasteiger partial charge in [-0.05, 0) is 37.6 Å². The number of ether oxygens (including phenoxy) is 1. The van der Waals surface area contributed by atoms with Gasteiger partial charge in [-0.1, -0.05) is 0 Å². The van der Waals surface area contributed by atoms with E-state index >= 15 is 0 Å². The van der Waals surface area contributed by atoms with Crippen LogP contribution in [0.15, 0.2) is 29.4 Å². The lowest BCUT2D eigenvalue weighted by Gasteiger charge is -2.35. The second-order valence-electron chi connectivity index (χ2n) is 7.46. The molecule has 0 saturated heterocycles. The number of nitrogens with one attached hydrogen (secondary N) is 2. The van der Waals surface area contributed by atoms with Crippen molar-refractivity contribution >= 4 is 23.8 Å². The molecule has 0 aliphatic carbocycles. The topological polar surface area (TPSA) is 150 Å². The van der Waals surface area contributed by atoms with Crippen molar-refractivity contribution in [2.75, 3.05) is 5.32 Å². The lowest BCUT2D eigenvalue weighted by Crippen LogP contribution is -2.48. The van der Waals surface area contributed by atoms with E-state index in [4.69, 9.17) is 10.4 Å². The van der Waals surface area contributed by atoms with Gasteiger partial charge >= 0.3 is 12.3 Å². The van der Waals surface area contributed by atoms with Gasteiger partial charge in [0.05, 0.1) is 5.56 Å². The number of rotatable bonds is 3. The van der Waals surface area contributed by atoms with Gasteiger partial charge in [0.1, 0.15) is 34.6 Å². The van der Waals surface area contributed by atoms with Crippen LogP contribution in [0, 0.1) is 24.1 Å². The molecule has 10 nitrogen and oxygen atoms in total. The number of aryl methyl sites for hydroxylation is 1. The summed E-state index contributed by atoms with van der Waals surface area (Å²) in [5.41, 5.74) is -2.02. The maximum absolute atomic E-state index is 14.7. The number of aliphatic imine (C=N–C) groups is 1. The van der Waals surface area contributed by atoms with Gasteiger partial charge in [0.15, 0.2) is 6.10 Å². The summed E-state index contributed by atoms with van der Waals surface area (Å²) in [4.78, 5) is 35.1. The zero-order chi connectivity index (χ0) is 25.3. The highest BCUT2D eigenvalue weighted by atomic mass is 19.4. The van der Waals surface area contributed by atoms with Crippen LogP contribution in [0.3, 0.4) is 0 Å². The number of nitriles is 1. The molecule has 2 atom stereocenters. The maximum atomic E-state index is 14.7. The van der Waals surface area contributed by atoms with Crippen molar-refractivity contribution in [3.05, 3.63) is 52.7 Å². The number of carboxylic acid groups (broad SMARTS) is 1. The van der Waals surface area contributed by atoms with Crippen LogP contribution in [-0.4, -0.2) is 45.4 Å². The van der Waals surface area contributed by atoms with Gasteiger partial charge in [-0.3, -0.25) is 4.79 Å². The van der Waals surface area contributed by atoms with E-state index in [0.717, 1.165) is 19.1 Å². The molecule has 178 valence electrons. The van der Waals surface area contributed by atoms with Gasteiger partial charge in [-0.25, -0.2) is 29.5 Å². The Hall–Kier alpha value is -4.28. The molecule has 3 rings (SSSR count). The predicted molar refractivity (Wildman–Crippen MR) is 107 cm³/mol. The minimum atomic E-state index is -4.91. The Morgan fingerprint density at radius 2 is 2.03 bits per heavy atom. The Bertz CT molecular complexity index is 1230. The van der Waals surface area contributed by atoms with Crippen LogP contribution in [0.1, 0.15) is 40.7 Å². The molecule has 3 heterocycles. The third-order valence-corrected chi connectivity index (χ3v) is 4.78. The largest absolute Gasteiger partial charge is 0.465 e. The van der Waals surface area contributed by atoms with E-state index in [0.29, 0.717) is 5.56 Å². The minimum absolute atomic E-state index is 0.0490. The molecular weight excluding hydrogens is 464 g/mol. The van der Waals surface area contributed by atoms with E-state index in [2.05, 4.69) is 25.0 Å². The van der Waals surface area contributed by atoms with E-state index in [-0.39, 0.29) is 17.1 Å². The lowest BCUT2D eigenvalue weighted by atomic mass is 9.89. The van der Waals surface area contributed by atoms with Gasteiger partial charge in [-0.15, -0.1) is 0 Å². The first-order valence-electron chi connectivity index (χ1n) is 9.50. The Kier molecular flexibility index (Phi) is 6.40. The van der Waals surface area contributed by atoms with Crippen LogP contribution in [0.5, 0.6) is 0 Å². The Labute approximate surface area is 189 Å². The highest BCUT2D eigenvalue weighted by Gasteiger charge is 2.51. The second-order valence-corrected chi connectivity index (χ2v) is 7.46. The van der Waals surface area contributed by atoms with Crippen LogP contribution >= 0.6 is 0 Å². The number of halogens is 4. The molecule has 14 heteroatoms. The monoisotopic (exact) mass is 480 g/mol. The molecule has 3 N–H and O–H groups in total. The SMILES string of the molecule is Cc1cc(C#N)cnc1C(=O)Nc1ccc(F)c([C@]2(C)C[C@@H](C(F)(F)F)OC(NC(=O)O)=N2)n1. The van der Waals surface area contributed by atoms with E-state index in [1.807, 2.05) is 6.07 Å². The molecular formula is C20H16F4N6O4. The predicted octanol–water partition coefficient (Wildman–Crippen LogP) is 3.24. The van der Waals surface area contributed by atoms with Gasteiger partial charge in [0.25, 0.3) is 11.9 Å². The number of pyridine rings is 2. The number of amides is 2. The summed E-state index contributed by atoms with van der Waals surface area (Å²) in [7, 11) is 0. The number of aromatic nitrogens is 2. The average molecular weight is 480 g/mol. The third kappa shape index (κ3) is 5.20. The third-order valence-electron chi connectivity index (χ3n) is 4.78. The molecule has 0 spiro atoms. The Morgan fingerprint density at radius 3 is 2.62 bits per heavy atom. The number of alkyl halides is 3. The summed E-state index contributed by atoms with van der Waals surface area (Å²) in [6.45, 7) is 2.67. The highest BCUT2D eigenvalue weighted by molar-refractivity contribution is 6.03. The molecule has 2 amide bonds. The standard InChI is InChI=1S/C20H16F4N6O4/c1-9-5-10(7-25)8-26-14(9)16(31)28-13-4-3-11(21)15(27-13)19(2)6-12(20(22,23)24)34-17(30-19)29-18(32)33/h3-5,8,12H,6H2,1-2H3,(H,29,30)(H,32,33)(H,27,28,31)/t12-,19-/m0/s1. The fourth-order valence-corrected chi connectivity index (χ4v) is 3.25. The van der Waals surface area contributed by atoms with E-state index in [1.54, 1.807) is 5.32 Å². The number of amidine groups is 1. The molecule has 0 radical (unpaired) electrons. The van der Waals surface area contributed by atoms with Crippen molar-refractivity contribution in [1.29, 1.82) is 5.26 Å². The molecule has 2 aromatic rings. The first-order valence-corrected chi connectivity index (χ1v) is 9.50. The molecule has 1 aliphatic rings. The van der Waals surface area contributed by atoms with Crippen LogP contribution < -0.4 is 10.6 Å². The van der Waals surface area contributed by atoms with Crippen molar-refractivity contribution in [2.45, 2.75) is 38.1 Å². The Balaban J connectivity index is 1.97. The number of carbonyl (C=O) groups excluding carboxylic acids is 1. The molecule has 34 heavy (non-hydrogen) atoms. The molecule has 0 saturated carbocycles. The summed E-state index contributed by atoms with van der Waals surface area (Å²) < 4.78 is 59.4. The van der Waals surface area contributed by atoms with Crippen molar-refractivity contribution in [3.63, 3.8) is 0 Å². The fraction of sp³-hybridized carbons (Fsp3) is 0.300. The number of hydrogen-bond acceptors (Lipinski definition) is 7. The summed E-state index contributed by atoms with van der Waals surface area (Å²) >= 11 is 0. The number of carbonyl (C=O) groups is 2. The van der Waals surface area contributed by atoms with Crippen LogP contribution in [0.4, 0.5) is 28.2 Å². The summed E-state index contributed by atoms with van der Waals surface area (Å²) in [5.74, 6) is -2.00. The van der Waals surface area contributed by atoms with Gasteiger partial charge in [-0.2, -0.15) is 18.4 Å². The first kappa shape index (κ1) is 24.4. The van der Waals surface area contributed by atoms with E-state index in [9.17, 15) is 27.2 Å². The molecule has 1 aliphatic heterocycles. The van der Waals surface area contributed by atoms with Crippen molar-refractivity contribution in [3.8, 4) is 6.07 Å². The quantitative estimate of drug-likeness (QED) is 0.571. The van der Waals surface area contributed by atoms with Crippen molar-refractivity contribution in [2.24, 2.45) is 4.99 Å². The van der Waals surface area contributed by atoms with Crippen molar-refractivity contribution in [1.82, 2.24) is 15.3 Å². The van der Waals surface area contributed by atoms with Gasteiger partial charge in [0, 0.05) is 12.6 Å². The number of hydrogen-bond donors (Lipinski definition) is 3. The normalized spacial score (nSPS) is 19.9. The molecule has 2 aromatic heterocycles. The Morgan fingerprint density at radius 1 is 1.32 bits per heavy atom. The van der Waals surface area contributed by atoms with Crippen LogP contribution in [0.25, 0.3) is 0 Å². The molecule has 0 aromatic carbocycles. The zero-order valence-corrected chi connectivity index (χ0v) is 17.6. The zero-order valence-electron chi connectivity index (χ0n) is 17.6. The van der Waals surface area contributed by atoms with Gasteiger partial charge < -0.3 is 15.2 Å². The first-order chi connectivity index (χ1) is 15.8. The molecule has 0 unspecified atom stereocenters. The minimum Gasteiger partial charge on any atom is -0.465 e. The van der Waals surface area contributed by atoms with Crippen LogP contribution in [-0.2, 0) is 10.3 Å². The maximum Gasteiger partial charge on any atom is 0.425 e. The molecule has 0 fully saturated rings. The number of anilines is 1. The van der Waals surface area contributed by atoms with E-state index in [1.165, 1.54) is 19.2 Å². The fourth-order valence-electron chi connectivity index (χ4n) is 3.25. The second kappa shape index (κ2) is 8.93. The summed E-state index contributed by atoms with van der Waals surface area (Å²) in [6, 6.07) is 4.29. The number of nitrogens with zero attached hydrogens (tertiary/aromatic N) is 4. The van der Waals surface area contributed by atoms with Gasteiger partial charge in [0.2, 0.25) is 0 Å².